The van der Waals surface area contributed by atoms with Crippen LogP contribution in [0.25, 0.3) is 0 Å². The van der Waals surface area contributed by atoms with E-state index in [4.69, 9.17) is 14.2 Å². The van der Waals surface area contributed by atoms with Gasteiger partial charge in [-0.3, -0.25) is 0 Å². The van der Waals surface area contributed by atoms with E-state index < -0.39 is 0 Å². The van der Waals surface area contributed by atoms with E-state index in [2.05, 4.69) is 0 Å². The first-order valence-electron chi connectivity index (χ1n) is 5.21. The maximum atomic E-state index is 5.86. The first kappa shape index (κ1) is 8.41. The number of epoxide rings is 1. The van der Waals surface area contributed by atoms with Gasteiger partial charge in [0.15, 0.2) is 6.29 Å². The zero-order valence-electron chi connectivity index (χ0n) is 7.94. The highest BCUT2D eigenvalue weighted by atomic mass is 28.1. The van der Waals surface area contributed by atoms with Gasteiger partial charge in [0, 0.05) is 16.2 Å². The normalized spacial score (nSPS) is 53.1. The number of ether oxygens (including phenoxy) is 3. The predicted molar refractivity (Wildman–Crippen MR) is 50.8 cm³/mol. The molecule has 0 saturated carbocycles. The van der Waals surface area contributed by atoms with Crippen molar-refractivity contribution in [3.05, 3.63) is 0 Å². The number of hydrogen-bond donors (Lipinski definition) is 0. The van der Waals surface area contributed by atoms with Gasteiger partial charge in [0.25, 0.3) is 0 Å². The third-order valence-electron chi connectivity index (χ3n) is 3.37. The van der Waals surface area contributed by atoms with E-state index in [1.807, 2.05) is 0 Å². The molecule has 0 aliphatic carbocycles. The lowest BCUT2D eigenvalue weighted by atomic mass is 9.89. The molecule has 74 valence electrons. The van der Waals surface area contributed by atoms with Crippen LogP contribution in [0, 0.1) is 5.92 Å². The van der Waals surface area contributed by atoms with Gasteiger partial charge in [-0.2, -0.15) is 0 Å². The highest BCUT2D eigenvalue weighted by Crippen LogP contribution is 2.44. The topological polar surface area (TPSA) is 31.0 Å². The fourth-order valence-electron chi connectivity index (χ4n) is 2.69. The Balaban J connectivity index is 1.53. The van der Waals surface area contributed by atoms with Gasteiger partial charge in [-0.1, -0.05) is 0 Å². The average Bonchev–Trinajstić information content (AvgIpc) is 2.76. The van der Waals surface area contributed by atoms with Gasteiger partial charge in [-0.25, -0.2) is 0 Å². The Morgan fingerprint density at radius 2 is 2.23 bits per heavy atom. The van der Waals surface area contributed by atoms with Gasteiger partial charge < -0.3 is 14.2 Å². The van der Waals surface area contributed by atoms with Crippen LogP contribution in [0.3, 0.4) is 0 Å². The summed E-state index contributed by atoms with van der Waals surface area (Å²) in [6, 6.07) is 0. The van der Waals surface area contributed by atoms with Gasteiger partial charge >= 0.3 is 0 Å². The molecule has 0 spiro atoms. The summed E-state index contributed by atoms with van der Waals surface area (Å²) in [6.45, 7) is 1.65. The van der Waals surface area contributed by atoms with Crippen LogP contribution in [-0.4, -0.2) is 42.0 Å². The molecule has 3 aliphatic heterocycles. The van der Waals surface area contributed by atoms with Crippen LogP contribution in [0.1, 0.15) is 12.8 Å². The van der Waals surface area contributed by atoms with Crippen LogP contribution in [0.4, 0.5) is 0 Å². The van der Waals surface area contributed by atoms with E-state index in [0.29, 0.717) is 18.1 Å². The third-order valence-corrected chi connectivity index (χ3v) is 4.50. The van der Waals surface area contributed by atoms with Crippen LogP contribution in [0.15, 0.2) is 0 Å². The fourth-order valence-corrected chi connectivity index (χ4v) is 3.92. The number of fused-ring (bicyclic) bond motifs is 2. The van der Waals surface area contributed by atoms with Crippen LogP contribution in [0.5, 0.6) is 0 Å². The van der Waals surface area contributed by atoms with Crippen LogP contribution < -0.4 is 0 Å². The molecule has 0 N–H and O–H groups in total. The molecular formula is C9H16O3Si. The lowest BCUT2D eigenvalue weighted by Gasteiger charge is -2.23. The van der Waals surface area contributed by atoms with Crippen molar-refractivity contribution in [2.75, 3.05) is 13.2 Å². The molecule has 5 atom stereocenters. The zero-order chi connectivity index (χ0) is 8.84. The van der Waals surface area contributed by atoms with E-state index in [0.717, 1.165) is 18.8 Å². The van der Waals surface area contributed by atoms with Crippen molar-refractivity contribution >= 4 is 10.2 Å². The molecule has 3 rings (SSSR count). The van der Waals surface area contributed by atoms with Gasteiger partial charge in [0.05, 0.1) is 18.8 Å². The van der Waals surface area contributed by atoms with E-state index in [-0.39, 0.29) is 6.29 Å². The second-order valence-electron chi connectivity index (χ2n) is 4.53. The Labute approximate surface area is 81.2 Å². The summed E-state index contributed by atoms with van der Waals surface area (Å²) in [4.78, 5) is 0. The molecule has 3 nitrogen and oxygen atoms in total. The molecule has 5 unspecified atom stereocenters. The lowest BCUT2D eigenvalue weighted by Crippen LogP contribution is -2.26. The minimum atomic E-state index is 0.117. The highest BCUT2D eigenvalue weighted by Gasteiger charge is 2.45. The molecule has 0 aromatic heterocycles. The van der Waals surface area contributed by atoms with Crippen molar-refractivity contribution in [1.82, 2.24) is 0 Å². The van der Waals surface area contributed by atoms with Crippen molar-refractivity contribution in [2.45, 2.75) is 36.9 Å². The molecule has 2 bridgehead atoms. The molecule has 3 aliphatic rings. The molecule has 3 heterocycles. The molecule has 3 fully saturated rings. The number of hydrogen-bond acceptors (Lipinski definition) is 3. The Hall–Kier alpha value is 0.0969. The summed E-state index contributed by atoms with van der Waals surface area (Å²) in [7, 11) is 1.27. The molecular weight excluding hydrogens is 184 g/mol. The number of rotatable bonds is 3. The molecule has 0 aromatic carbocycles. The summed E-state index contributed by atoms with van der Waals surface area (Å²) >= 11 is 0. The van der Waals surface area contributed by atoms with Crippen LogP contribution in [0.2, 0.25) is 5.54 Å². The smallest absolute Gasteiger partial charge is 0.181 e. The summed E-state index contributed by atoms with van der Waals surface area (Å²) in [6.07, 6.45) is 3.73. The Morgan fingerprint density at radius 3 is 2.85 bits per heavy atom. The van der Waals surface area contributed by atoms with Gasteiger partial charge in [0.2, 0.25) is 0 Å². The highest BCUT2D eigenvalue weighted by molar-refractivity contribution is 6.12. The summed E-state index contributed by atoms with van der Waals surface area (Å²) in [5.74, 6) is 0.658. The quantitative estimate of drug-likeness (QED) is 0.462. The summed E-state index contributed by atoms with van der Waals surface area (Å²) < 4.78 is 16.4. The lowest BCUT2D eigenvalue weighted by molar-refractivity contribution is 0.00857. The van der Waals surface area contributed by atoms with E-state index in [1.54, 1.807) is 0 Å². The van der Waals surface area contributed by atoms with Crippen molar-refractivity contribution in [3.8, 4) is 0 Å². The molecule has 0 amide bonds. The predicted octanol–water partition coefficient (Wildman–Crippen LogP) is -0.309. The van der Waals surface area contributed by atoms with Crippen molar-refractivity contribution in [2.24, 2.45) is 5.92 Å². The molecule has 4 heteroatoms. The van der Waals surface area contributed by atoms with Crippen molar-refractivity contribution in [3.63, 3.8) is 0 Å². The Morgan fingerprint density at radius 1 is 1.38 bits per heavy atom. The summed E-state index contributed by atoms with van der Waals surface area (Å²) in [5.41, 5.74) is 0.868. The van der Waals surface area contributed by atoms with E-state index in [1.165, 1.54) is 23.1 Å². The third kappa shape index (κ3) is 1.56. The second-order valence-corrected chi connectivity index (χ2v) is 6.01. The Bertz CT molecular complexity index is 207. The second kappa shape index (κ2) is 3.05. The van der Waals surface area contributed by atoms with Gasteiger partial charge in [0.1, 0.15) is 6.61 Å². The largest absolute Gasteiger partial charge is 0.375 e. The molecule has 13 heavy (non-hydrogen) atoms. The monoisotopic (exact) mass is 200 g/mol. The SMILES string of the molecule is [SiH3]C1CC2CC(COC3CO3)C1O2. The minimum absolute atomic E-state index is 0.117. The maximum Gasteiger partial charge on any atom is 0.181 e. The van der Waals surface area contributed by atoms with Gasteiger partial charge in [-0.15, -0.1) is 0 Å². The first-order valence-corrected chi connectivity index (χ1v) is 6.37. The van der Waals surface area contributed by atoms with Crippen LogP contribution >= 0.6 is 0 Å². The average molecular weight is 200 g/mol. The minimum Gasteiger partial charge on any atom is -0.375 e. The van der Waals surface area contributed by atoms with E-state index >= 15 is 0 Å². The standard InChI is InChI=1S/C9H16O3Si/c13-7-2-6-1-5(9(7)12-6)3-10-8-4-11-8/h5-9H,1-4H2,13H3. The van der Waals surface area contributed by atoms with Gasteiger partial charge in [-0.05, 0) is 18.4 Å². The zero-order valence-corrected chi connectivity index (χ0v) is 9.94. The first-order chi connectivity index (χ1) is 6.33. The fraction of sp³-hybridized carbons (Fsp3) is 1.00. The van der Waals surface area contributed by atoms with Crippen molar-refractivity contribution in [1.29, 1.82) is 0 Å². The molecule has 0 aromatic rings. The molecule has 0 radical (unpaired) electrons. The Kier molecular flexibility index (Phi) is 1.97. The van der Waals surface area contributed by atoms with E-state index in [9.17, 15) is 0 Å². The van der Waals surface area contributed by atoms with Crippen molar-refractivity contribution < 1.29 is 14.2 Å². The van der Waals surface area contributed by atoms with Crippen LogP contribution in [-0.2, 0) is 14.2 Å². The molecule has 3 saturated heterocycles. The summed E-state index contributed by atoms with van der Waals surface area (Å²) in [5, 5.41) is 0. The maximum absolute atomic E-state index is 5.86.